The van der Waals surface area contributed by atoms with Crippen molar-refractivity contribution in [3.05, 3.63) is 55.1 Å². The van der Waals surface area contributed by atoms with Gasteiger partial charge in [-0.15, -0.1) is 0 Å². The van der Waals surface area contributed by atoms with E-state index in [0.717, 1.165) is 17.0 Å². The van der Waals surface area contributed by atoms with Crippen LogP contribution in [0, 0.1) is 0 Å². The molecule has 6 nitrogen and oxygen atoms in total. The molecule has 2 N–H and O–H groups in total. The van der Waals surface area contributed by atoms with Crippen molar-refractivity contribution in [3.63, 3.8) is 0 Å². The number of hydrogen-bond donors (Lipinski definition) is 1. The van der Waals surface area contributed by atoms with E-state index in [-0.39, 0.29) is 0 Å². The molecule has 0 aliphatic heterocycles. The summed E-state index contributed by atoms with van der Waals surface area (Å²) in [6.45, 7) is 0.617. The lowest BCUT2D eigenvalue weighted by molar-refractivity contribution is 0.775. The lowest BCUT2D eigenvalue weighted by Crippen LogP contribution is -2.04. The summed E-state index contributed by atoms with van der Waals surface area (Å²) in [6, 6.07) is 5.65. The lowest BCUT2D eigenvalue weighted by Gasteiger charge is -2.08. The summed E-state index contributed by atoms with van der Waals surface area (Å²) in [7, 11) is 0. The van der Waals surface area contributed by atoms with Gasteiger partial charge in [0.05, 0.1) is 30.5 Å². The van der Waals surface area contributed by atoms with Gasteiger partial charge in [-0.3, -0.25) is 0 Å². The first-order valence-corrected chi connectivity index (χ1v) is 5.80. The van der Waals surface area contributed by atoms with Crippen molar-refractivity contribution in [1.29, 1.82) is 0 Å². The van der Waals surface area contributed by atoms with Crippen LogP contribution in [-0.2, 0) is 6.54 Å². The minimum atomic E-state index is 0.493. The second kappa shape index (κ2) is 4.85. The van der Waals surface area contributed by atoms with Crippen LogP contribution in [0.25, 0.3) is 11.3 Å². The number of hydrogen-bond acceptors (Lipinski definition) is 5. The van der Waals surface area contributed by atoms with E-state index in [9.17, 15) is 0 Å². The number of rotatable bonds is 3. The van der Waals surface area contributed by atoms with Crippen molar-refractivity contribution in [2.45, 2.75) is 6.54 Å². The standard InChI is InChI=1S/C13H12N6/c14-13-11(2-1-4-17-13)12-6-16-9-19(12)7-10-3-5-15-8-18-10/h1-6,8-9H,7H2,(H2,14,17). The van der Waals surface area contributed by atoms with Crippen LogP contribution in [0.3, 0.4) is 0 Å². The summed E-state index contributed by atoms with van der Waals surface area (Å²) in [4.78, 5) is 16.4. The van der Waals surface area contributed by atoms with E-state index in [1.54, 1.807) is 24.9 Å². The molecule has 0 radical (unpaired) electrons. The highest BCUT2D eigenvalue weighted by molar-refractivity contribution is 5.70. The minimum absolute atomic E-state index is 0.493. The van der Waals surface area contributed by atoms with Crippen molar-refractivity contribution in [3.8, 4) is 11.3 Å². The van der Waals surface area contributed by atoms with E-state index in [2.05, 4.69) is 19.9 Å². The SMILES string of the molecule is Nc1ncccc1-c1cncn1Cc1ccncn1. The van der Waals surface area contributed by atoms with Crippen LogP contribution in [-0.4, -0.2) is 24.5 Å². The predicted octanol–water partition coefficient (Wildman–Crippen LogP) is 1.37. The Labute approximate surface area is 110 Å². The normalized spacial score (nSPS) is 10.5. The molecular weight excluding hydrogens is 240 g/mol. The molecule has 3 rings (SSSR count). The molecule has 94 valence electrons. The van der Waals surface area contributed by atoms with Gasteiger partial charge in [-0.25, -0.2) is 19.9 Å². The molecule has 0 saturated carbocycles. The summed E-state index contributed by atoms with van der Waals surface area (Å²) in [5.74, 6) is 0.493. The number of anilines is 1. The molecule has 0 spiro atoms. The van der Waals surface area contributed by atoms with Crippen molar-refractivity contribution in [2.24, 2.45) is 0 Å². The molecule has 0 bridgehead atoms. The third-order valence-electron chi connectivity index (χ3n) is 2.80. The van der Waals surface area contributed by atoms with Gasteiger partial charge in [0.2, 0.25) is 0 Å². The van der Waals surface area contributed by atoms with Gasteiger partial charge < -0.3 is 10.3 Å². The van der Waals surface area contributed by atoms with Gasteiger partial charge in [-0.1, -0.05) is 0 Å². The third kappa shape index (κ3) is 2.28. The summed E-state index contributed by atoms with van der Waals surface area (Å²) < 4.78 is 1.98. The zero-order valence-electron chi connectivity index (χ0n) is 10.1. The second-order valence-corrected chi connectivity index (χ2v) is 4.04. The molecule has 3 aromatic rings. The van der Waals surface area contributed by atoms with E-state index >= 15 is 0 Å². The molecule has 0 saturated heterocycles. The van der Waals surface area contributed by atoms with E-state index in [1.165, 1.54) is 6.33 Å². The van der Waals surface area contributed by atoms with Crippen molar-refractivity contribution in [1.82, 2.24) is 24.5 Å². The zero-order chi connectivity index (χ0) is 13.1. The molecule has 0 amide bonds. The molecule has 3 aromatic heterocycles. The van der Waals surface area contributed by atoms with Gasteiger partial charge in [0.1, 0.15) is 12.1 Å². The Balaban J connectivity index is 1.98. The highest BCUT2D eigenvalue weighted by atomic mass is 15.1. The fourth-order valence-corrected chi connectivity index (χ4v) is 1.89. The first-order valence-electron chi connectivity index (χ1n) is 5.80. The van der Waals surface area contributed by atoms with Crippen molar-refractivity contribution < 1.29 is 0 Å². The van der Waals surface area contributed by atoms with Crippen molar-refractivity contribution >= 4 is 5.82 Å². The Hall–Kier alpha value is -2.76. The number of nitrogen functional groups attached to an aromatic ring is 1. The van der Waals surface area contributed by atoms with E-state index in [0.29, 0.717) is 12.4 Å². The molecule has 0 aromatic carbocycles. The molecule has 0 aliphatic rings. The van der Waals surface area contributed by atoms with Crippen LogP contribution in [0.2, 0.25) is 0 Å². The monoisotopic (exact) mass is 252 g/mol. The Bertz CT molecular complexity index is 676. The molecule has 0 aliphatic carbocycles. The van der Waals surface area contributed by atoms with Crippen LogP contribution in [0.15, 0.2) is 49.4 Å². The van der Waals surface area contributed by atoms with Crippen molar-refractivity contribution in [2.75, 3.05) is 5.73 Å². The quantitative estimate of drug-likeness (QED) is 0.761. The Morgan fingerprint density at radius 1 is 1.11 bits per heavy atom. The van der Waals surface area contributed by atoms with Crippen LogP contribution < -0.4 is 5.73 Å². The molecule has 0 atom stereocenters. The highest BCUT2D eigenvalue weighted by Crippen LogP contribution is 2.23. The second-order valence-electron chi connectivity index (χ2n) is 4.04. The van der Waals surface area contributed by atoms with E-state index in [1.807, 2.05) is 22.8 Å². The molecule has 0 fully saturated rings. The fraction of sp³-hybridized carbons (Fsp3) is 0.0769. The van der Waals surface area contributed by atoms with E-state index in [4.69, 9.17) is 5.73 Å². The third-order valence-corrected chi connectivity index (χ3v) is 2.80. The fourth-order valence-electron chi connectivity index (χ4n) is 1.89. The number of aromatic nitrogens is 5. The Morgan fingerprint density at radius 3 is 2.84 bits per heavy atom. The molecule has 6 heteroatoms. The smallest absolute Gasteiger partial charge is 0.132 e. The molecule has 3 heterocycles. The number of pyridine rings is 1. The summed E-state index contributed by atoms with van der Waals surface area (Å²) in [6.07, 6.45) is 8.45. The van der Waals surface area contributed by atoms with Crippen LogP contribution in [0.4, 0.5) is 5.82 Å². The molecule has 0 unspecified atom stereocenters. The van der Waals surface area contributed by atoms with Crippen LogP contribution in [0.5, 0.6) is 0 Å². The zero-order valence-corrected chi connectivity index (χ0v) is 10.1. The first kappa shape index (κ1) is 11.3. The topological polar surface area (TPSA) is 82.5 Å². The summed E-state index contributed by atoms with van der Waals surface area (Å²) >= 11 is 0. The maximum absolute atomic E-state index is 5.90. The van der Waals surface area contributed by atoms with Gasteiger partial charge in [0.25, 0.3) is 0 Å². The number of nitrogens with two attached hydrogens (primary N) is 1. The maximum atomic E-state index is 5.90. The predicted molar refractivity (Wildman–Crippen MR) is 71.0 cm³/mol. The molecular formula is C13H12N6. The average Bonchev–Trinajstić information content (AvgIpc) is 2.88. The summed E-state index contributed by atoms with van der Waals surface area (Å²) in [5.41, 5.74) is 8.60. The largest absolute Gasteiger partial charge is 0.383 e. The number of imidazole rings is 1. The highest BCUT2D eigenvalue weighted by Gasteiger charge is 2.09. The summed E-state index contributed by atoms with van der Waals surface area (Å²) in [5, 5.41) is 0. The van der Waals surface area contributed by atoms with Gasteiger partial charge in [-0.05, 0) is 18.2 Å². The maximum Gasteiger partial charge on any atom is 0.132 e. The Morgan fingerprint density at radius 2 is 2.05 bits per heavy atom. The van der Waals surface area contributed by atoms with Gasteiger partial charge in [0, 0.05) is 18.0 Å². The van der Waals surface area contributed by atoms with E-state index < -0.39 is 0 Å². The van der Waals surface area contributed by atoms with Crippen LogP contribution in [0.1, 0.15) is 5.69 Å². The van der Waals surface area contributed by atoms with Gasteiger partial charge >= 0.3 is 0 Å². The minimum Gasteiger partial charge on any atom is -0.383 e. The lowest BCUT2D eigenvalue weighted by atomic mass is 10.2. The van der Waals surface area contributed by atoms with Gasteiger partial charge in [0.15, 0.2) is 0 Å². The van der Waals surface area contributed by atoms with Crippen LogP contribution >= 0.6 is 0 Å². The molecule has 19 heavy (non-hydrogen) atoms. The number of nitrogens with zero attached hydrogens (tertiary/aromatic N) is 5. The Kier molecular flexibility index (Phi) is 2.89. The first-order chi connectivity index (χ1) is 9.34. The average molecular weight is 252 g/mol. The van der Waals surface area contributed by atoms with Gasteiger partial charge in [-0.2, -0.15) is 0 Å².